The van der Waals surface area contributed by atoms with Crippen LogP contribution in [0.15, 0.2) is 29.8 Å². The number of likely N-dealkylation sites (tertiary alicyclic amines) is 1. The van der Waals surface area contributed by atoms with Crippen LogP contribution in [-0.4, -0.2) is 46.1 Å². The first-order valence-corrected chi connectivity index (χ1v) is 8.35. The van der Waals surface area contributed by atoms with E-state index in [-0.39, 0.29) is 24.3 Å². The molecule has 0 bridgehead atoms. The summed E-state index contributed by atoms with van der Waals surface area (Å²) in [5.41, 5.74) is 5.31. The summed E-state index contributed by atoms with van der Waals surface area (Å²) >= 11 is 1.65. The molecule has 0 aromatic carbocycles. The second-order valence-electron chi connectivity index (χ2n) is 5.62. The molecule has 2 aromatic rings. The summed E-state index contributed by atoms with van der Waals surface area (Å²) in [6.45, 7) is 2.16. The Balaban J connectivity index is 1.54. The lowest BCUT2D eigenvalue weighted by Crippen LogP contribution is -2.33. The number of nitrogens with one attached hydrogen (secondary N) is 1. The van der Waals surface area contributed by atoms with Crippen LogP contribution in [0.25, 0.3) is 0 Å². The van der Waals surface area contributed by atoms with Gasteiger partial charge in [-0.05, 0) is 24.4 Å². The Labute approximate surface area is 138 Å². The Kier molecular flexibility index (Phi) is 4.73. The van der Waals surface area contributed by atoms with Gasteiger partial charge in [0, 0.05) is 17.5 Å². The molecule has 1 aliphatic heterocycles. The van der Waals surface area contributed by atoms with Crippen molar-refractivity contribution >= 4 is 29.0 Å². The Morgan fingerprint density at radius 2 is 2.30 bits per heavy atom. The zero-order valence-electron chi connectivity index (χ0n) is 12.6. The molecule has 1 saturated heterocycles. The Bertz CT molecular complexity index is 682. The lowest BCUT2D eigenvalue weighted by atomic mass is 10.1. The van der Waals surface area contributed by atoms with Crippen molar-refractivity contribution in [1.29, 1.82) is 0 Å². The quantitative estimate of drug-likeness (QED) is 0.815. The molecule has 1 atom stereocenters. The van der Waals surface area contributed by atoms with Crippen LogP contribution in [0.5, 0.6) is 0 Å². The fraction of sp³-hybridized carbons (Fsp3) is 0.400. The highest BCUT2D eigenvalue weighted by Crippen LogP contribution is 2.16. The normalized spacial score (nSPS) is 18.2. The highest BCUT2D eigenvalue weighted by Gasteiger charge is 2.27. The largest absolute Gasteiger partial charge is 0.369 e. The van der Waals surface area contributed by atoms with Gasteiger partial charge in [0.15, 0.2) is 0 Å². The predicted molar refractivity (Wildman–Crippen MR) is 88.0 cm³/mol. The molecule has 3 heterocycles. The van der Waals surface area contributed by atoms with Gasteiger partial charge in [-0.15, -0.1) is 11.3 Å². The van der Waals surface area contributed by atoms with Crippen molar-refractivity contribution in [3.05, 3.63) is 34.7 Å². The molecule has 8 heteroatoms. The molecule has 23 heavy (non-hydrogen) atoms. The lowest BCUT2D eigenvalue weighted by Gasteiger charge is -2.15. The standard InChI is InChI=1S/C15H19N5O2S/c16-15(22)11-4-6-19(8-11)10-14(21)18-13-3-5-17-20(13)9-12-2-1-7-23-12/h1-3,5,7,11H,4,6,8-10H2,(H2,16,22)(H,18,21). The summed E-state index contributed by atoms with van der Waals surface area (Å²) in [6.07, 6.45) is 2.39. The molecule has 0 spiro atoms. The Morgan fingerprint density at radius 3 is 3.00 bits per heavy atom. The van der Waals surface area contributed by atoms with E-state index in [0.717, 1.165) is 13.0 Å². The van der Waals surface area contributed by atoms with Crippen LogP contribution < -0.4 is 11.1 Å². The molecular weight excluding hydrogens is 314 g/mol. The van der Waals surface area contributed by atoms with E-state index in [1.807, 2.05) is 22.4 Å². The van der Waals surface area contributed by atoms with Gasteiger partial charge in [-0.1, -0.05) is 6.07 Å². The van der Waals surface area contributed by atoms with Gasteiger partial charge < -0.3 is 11.1 Å². The van der Waals surface area contributed by atoms with Gasteiger partial charge in [0.1, 0.15) is 5.82 Å². The van der Waals surface area contributed by atoms with Crippen LogP contribution in [-0.2, 0) is 16.1 Å². The van der Waals surface area contributed by atoms with Crippen LogP contribution >= 0.6 is 11.3 Å². The highest BCUT2D eigenvalue weighted by atomic mass is 32.1. The molecular formula is C15H19N5O2S. The SMILES string of the molecule is NC(=O)C1CCN(CC(=O)Nc2ccnn2Cc2cccs2)C1. The third-order valence-electron chi connectivity index (χ3n) is 3.91. The first-order valence-electron chi connectivity index (χ1n) is 7.47. The Morgan fingerprint density at radius 1 is 1.43 bits per heavy atom. The molecule has 0 saturated carbocycles. The molecule has 3 rings (SSSR count). The number of anilines is 1. The van der Waals surface area contributed by atoms with Gasteiger partial charge in [-0.3, -0.25) is 14.5 Å². The summed E-state index contributed by atoms with van der Waals surface area (Å²) in [7, 11) is 0. The summed E-state index contributed by atoms with van der Waals surface area (Å²) in [5, 5.41) is 9.14. The first kappa shape index (κ1) is 15.7. The van der Waals surface area contributed by atoms with Crippen molar-refractivity contribution in [2.75, 3.05) is 25.0 Å². The van der Waals surface area contributed by atoms with Crippen LogP contribution in [0.2, 0.25) is 0 Å². The van der Waals surface area contributed by atoms with Gasteiger partial charge >= 0.3 is 0 Å². The van der Waals surface area contributed by atoms with E-state index in [2.05, 4.69) is 10.4 Å². The van der Waals surface area contributed by atoms with E-state index in [4.69, 9.17) is 5.73 Å². The summed E-state index contributed by atoms with van der Waals surface area (Å²) in [6, 6.07) is 5.80. The number of primary amides is 1. The molecule has 2 amide bonds. The van der Waals surface area contributed by atoms with Gasteiger partial charge in [0.2, 0.25) is 11.8 Å². The smallest absolute Gasteiger partial charge is 0.239 e. The summed E-state index contributed by atoms with van der Waals surface area (Å²) < 4.78 is 1.76. The van der Waals surface area contributed by atoms with Crippen molar-refractivity contribution in [3.63, 3.8) is 0 Å². The minimum Gasteiger partial charge on any atom is -0.369 e. The number of hydrogen-bond donors (Lipinski definition) is 2. The lowest BCUT2D eigenvalue weighted by molar-refractivity contribution is -0.122. The number of rotatable bonds is 6. The topological polar surface area (TPSA) is 93.2 Å². The van der Waals surface area contributed by atoms with Crippen LogP contribution in [0.3, 0.4) is 0 Å². The average molecular weight is 333 g/mol. The van der Waals surface area contributed by atoms with Crippen LogP contribution in [0, 0.1) is 5.92 Å². The summed E-state index contributed by atoms with van der Waals surface area (Å²) in [4.78, 5) is 26.5. The molecule has 0 aliphatic carbocycles. The zero-order valence-corrected chi connectivity index (χ0v) is 13.5. The molecule has 1 aliphatic rings. The molecule has 2 aromatic heterocycles. The number of nitrogens with zero attached hydrogens (tertiary/aromatic N) is 3. The number of carbonyl (C=O) groups is 2. The summed E-state index contributed by atoms with van der Waals surface area (Å²) in [5.74, 6) is 0.131. The fourth-order valence-corrected chi connectivity index (χ4v) is 3.39. The number of nitrogens with two attached hydrogens (primary N) is 1. The fourth-order valence-electron chi connectivity index (χ4n) is 2.71. The predicted octanol–water partition coefficient (Wildman–Crippen LogP) is 0.739. The van der Waals surface area contributed by atoms with E-state index >= 15 is 0 Å². The van der Waals surface area contributed by atoms with Crippen LogP contribution in [0.4, 0.5) is 5.82 Å². The maximum Gasteiger partial charge on any atom is 0.239 e. The second-order valence-corrected chi connectivity index (χ2v) is 6.66. The number of aromatic nitrogens is 2. The Hall–Kier alpha value is -2.19. The van der Waals surface area contributed by atoms with E-state index < -0.39 is 0 Å². The van der Waals surface area contributed by atoms with Gasteiger partial charge in [-0.25, -0.2) is 4.68 Å². The van der Waals surface area contributed by atoms with Crippen molar-refractivity contribution in [3.8, 4) is 0 Å². The monoisotopic (exact) mass is 333 g/mol. The number of thiophene rings is 1. The van der Waals surface area contributed by atoms with E-state index in [0.29, 0.717) is 18.9 Å². The zero-order chi connectivity index (χ0) is 16.2. The van der Waals surface area contributed by atoms with E-state index in [9.17, 15) is 9.59 Å². The van der Waals surface area contributed by atoms with E-state index in [1.54, 1.807) is 28.3 Å². The maximum absolute atomic E-state index is 12.2. The first-order chi connectivity index (χ1) is 11.1. The van der Waals surface area contributed by atoms with E-state index in [1.165, 1.54) is 4.88 Å². The molecule has 1 unspecified atom stereocenters. The third kappa shape index (κ3) is 3.96. The van der Waals surface area contributed by atoms with Gasteiger partial charge in [-0.2, -0.15) is 5.10 Å². The van der Waals surface area contributed by atoms with Gasteiger partial charge in [0.05, 0.1) is 25.2 Å². The number of hydrogen-bond acceptors (Lipinski definition) is 5. The van der Waals surface area contributed by atoms with Crippen molar-refractivity contribution in [1.82, 2.24) is 14.7 Å². The average Bonchev–Trinajstić information content (AvgIpc) is 3.22. The van der Waals surface area contributed by atoms with Crippen molar-refractivity contribution in [2.24, 2.45) is 11.7 Å². The maximum atomic E-state index is 12.2. The molecule has 3 N–H and O–H groups in total. The number of amides is 2. The molecule has 1 fully saturated rings. The third-order valence-corrected chi connectivity index (χ3v) is 4.77. The van der Waals surface area contributed by atoms with Crippen molar-refractivity contribution in [2.45, 2.75) is 13.0 Å². The minimum absolute atomic E-state index is 0.108. The second kappa shape index (κ2) is 6.93. The van der Waals surface area contributed by atoms with Gasteiger partial charge in [0.25, 0.3) is 0 Å². The molecule has 0 radical (unpaired) electrons. The number of carbonyl (C=O) groups excluding carboxylic acids is 2. The highest BCUT2D eigenvalue weighted by molar-refractivity contribution is 7.09. The molecule has 122 valence electrons. The van der Waals surface area contributed by atoms with Crippen LogP contribution in [0.1, 0.15) is 11.3 Å². The van der Waals surface area contributed by atoms with Crippen molar-refractivity contribution < 1.29 is 9.59 Å². The minimum atomic E-state index is -0.290. The molecule has 7 nitrogen and oxygen atoms in total.